The van der Waals surface area contributed by atoms with Crippen LogP contribution < -0.4 is 5.32 Å². The molecule has 0 aliphatic heterocycles. The fourth-order valence-electron chi connectivity index (χ4n) is 3.09. The Bertz CT molecular complexity index is 1070. The highest BCUT2D eigenvalue weighted by atomic mass is 16.1. The summed E-state index contributed by atoms with van der Waals surface area (Å²) in [6.45, 7) is 2.08. The smallest absolute Gasteiger partial charge is 0.255 e. The first-order chi connectivity index (χ1) is 12.8. The third kappa shape index (κ3) is 2.97. The molecule has 1 N–H and O–H groups in total. The molecule has 0 unspecified atom stereocenters. The molecule has 1 amide bonds. The van der Waals surface area contributed by atoms with Crippen molar-refractivity contribution in [3.63, 3.8) is 0 Å². The summed E-state index contributed by atoms with van der Waals surface area (Å²) in [5, 5.41) is 3.01. The van der Waals surface area contributed by atoms with E-state index in [2.05, 4.69) is 17.2 Å². The van der Waals surface area contributed by atoms with Crippen LogP contribution in [0.2, 0.25) is 0 Å². The largest absolute Gasteiger partial charge is 0.322 e. The van der Waals surface area contributed by atoms with Crippen LogP contribution in [0.1, 0.15) is 22.8 Å². The van der Waals surface area contributed by atoms with Crippen LogP contribution in [0, 0.1) is 0 Å². The number of imidazole rings is 1. The maximum Gasteiger partial charge on any atom is 0.255 e. The third-order valence-electron chi connectivity index (χ3n) is 4.49. The molecule has 3 aromatic carbocycles. The van der Waals surface area contributed by atoms with E-state index >= 15 is 0 Å². The van der Waals surface area contributed by atoms with Crippen LogP contribution in [0.5, 0.6) is 0 Å². The number of nitrogens with zero attached hydrogens (tertiary/aromatic N) is 2. The van der Waals surface area contributed by atoms with E-state index in [1.807, 2.05) is 77.4 Å². The Morgan fingerprint density at radius 2 is 1.77 bits per heavy atom. The van der Waals surface area contributed by atoms with Crippen molar-refractivity contribution in [2.45, 2.75) is 13.3 Å². The summed E-state index contributed by atoms with van der Waals surface area (Å²) < 4.78 is 2.02. The lowest BCUT2D eigenvalue weighted by Crippen LogP contribution is -2.13. The summed E-state index contributed by atoms with van der Waals surface area (Å²) in [4.78, 5) is 17.1. The Morgan fingerprint density at radius 3 is 2.58 bits per heavy atom. The summed E-state index contributed by atoms with van der Waals surface area (Å²) >= 11 is 0. The molecule has 1 aromatic heterocycles. The first kappa shape index (κ1) is 16.1. The number of carbonyl (C=O) groups is 1. The van der Waals surface area contributed by atoms with E-state index in [1.165, 1.54) is 0 Å². The molecule has 0 saturated carbocycles. The zero-order valence-corrected chi connectivity index (χ0v) is 14.5. The van der Waals surface area contributed by atoms with Crippen molar-refractivity contribution in [3.8, 4) is 5.69 Å². The van der Waals surface area contributed by atoms with Crippen molar-refractivity contribution in [3.05, 3.63) is 90.3 Å². The van der Waals surface area contributed by atoms with Crippen molar-refractivity contribution < 1.29 is 4.79 Å². The number of fused-ring (bicyclic) bond motifs is 1. The van der Waals surface area contributed by atoms with Crippen LogP contribution in [-0.4, -0.2) is 15.5 Å². The molecule has 4 rings (SSSR count). The van der Waals surface area contributed by atoms with E-state index in [0.29, 0.717) is 5.56 Å². The van der Waals surface area contributed by atoms with Gasteiger partial charge in [0, 0.05) is 16.9 Å². The van der Waals surface area contributed by atoms with Crippen LogP contribution in [0.25, 0.3) is 16.7 Å². The standard InChI is InChI=1S/C22H19N3O/c1-2-16-8-6-7-11-19(16)24-22(26)17-12-13-21-20(14-17)23-15-25(21)18-9-4-3-5-10-18/h3-15H,2H2,1H3,(H,24,26). The summed E-state index contributed by atoms with van der Waals surface area (Å²) in [5.74, 6) is -0.123. The van der Waals surface area contributed by atoms with Crippen molar-refractivity contribution in [2.24, 2.45) is 0 Å². The number of amides is 1. The summed E-state index contributed by atoms with van der Waals surface area (Å²) in [6.07, 6.45) is 2.66. The van der Waals surface area contributed by atoms with Crippen LogP contribution in [-0.2, 0) is 6.42 Å². The van der Waals surface area contributed by atoms with E-state index in [9.17, 15) is 4.79 Å². The Hall–Kier alpha value is -3.40. The van der Waals surface area contributed by atoms with Crippen LogP contribution in [0.3, 0.4) is 0 Å². The summed E-state index contributed by atoms with van der Waals surface area (Å²) in [5.41, 5.74) is 5.39. The van der Waals surface area contributed by atoms with E-state index in [4.69, 9.17) is 0 Å². The molecule has 0 aliphatic carbocycles. The van der Waals surface area contributed by atoms with Crippen LogP contribution in [0.15, 0.2) is 79.1 Å². The van der Waals surface area contributed by atoms with Gasteiger partial charge in [0.2, 0.25) is 0 Å². The van der Waals surface area contributed by atoms with Gasteiger partial charge in [-0.2, -0.15) is 0 Å². The number of carbonyl (C=O) groups excluding carboxylic acids is 1. The van der Waals surface area contributed by atoms with Crippen LogP contribution in [0.4, 0.5) is 5.69 Å². The molecule has 0 aliphatic rings. The first-order valence-electron chi connectivity index (χ1n) is 8.68. The predicted molar refractivity (Wildman–Crippen MR) is 105 cm³/mol. The number of anilines is 1. The van der Waals surface area contributed by atoms with Gasteiger partial charge in [0.15, 0.2) is 0 Å². The Labute approximate surface area is 152 Å². The molecule has 128 valence electrons. The highest BCUT2D eigenvalue weighted by molar-refractivity contribution is 6.06. The second-order valence-electron chi connectivity index (χ2n) is 6.12. The molecule has 26 heavy (non-hydrogen) atoms. The molecule has 4 nitrogen and oxygen atoms in total. The van der Waals surface area contributed by atoms with Crippen molar-refractivity contribution in [2.75, 3.05) is 5.32 Å². The molecule has 1 heterocycles. The van der Waals surface area contributed by atoms with Gasteiger partial charge in [-0.05, 0) is 48.4 Å². The van der Waals surface area contributed by atoms with Gasteiger partial charge in [-0.15, -0.1) is 0 Å². The second kappa shape index (κ2) is 6.84. The molecule has 0 atom stereocenters. The average Bonchev–Trinajstić information content (AvgIpc) is 3.12. The highest BCUT2D eigenvalue weighted by Crippen LogP contribution is 2.21. The lowest BCUT2D eigenvalue weighted by atomic mass is 10.1. The monoisotopic (exact) mass is 341 g/mol. The topological polar surface area (TPSA) is 46.9 Å². The van der Waals surface area contributed by atoms with Gasteiger partial charge in [-0.25, -0.2) is 4.98 Å². The molecule has 0 spiro atoms. The van der Waals surface area contributed by atoms with E-state index < -0.39 is 0 Å². The molecule has 0 radical (unpaired) electrons. The highest BCUT2D eigenvalue weighted by Gasteiger charge is 2.11. The summed E-state index contributed by atoms with van der Waals surface area (Å²) in [7, 11) is 0. The number of hydrogen-bond acceptors (Lipinski definition) is 2. The second-order valence-corrected chi connectivity index (χ2v) is 6.12. The third-order valence-corrected chi connectivity index (χ3v) is 4.49. The lowest BCUT2D eigenvalue weighted by molar-refractivity contribution is 0.102. The number of aryl methyl sites for hydroxylation is 1. The lowest BCUT2D eigenvalue weighted by Gasteiger charge is -2.10. The van der Waals surface area contributed by atoms with E-state index in [-0.39, 0.29) is 5.91 Å². The molecule has 0 bridgehead atoms. The minimum atomic E-state index is -0.123. The molecular formula is C22H19N3O. The zero-order valence-electron chi connectivity index (χ0n) is 14.5. The fraction of sp³-hybridized carbons (Fsp3) is 0.0909. The first-order valence-corrected chi connectivity index (χ1v) is 8.68. The average molecular weight is 341 g/mol. The predicted octanol–water partition coefficient (Wildman–Crippen LogP) is 4.84. The number of aromatic nitrogens is 2. The van der Waals surface area contributed by atoms with Gasteiger partial charge in [-0.1, -0.05) is 43.3 Å². The van der Waals surface area contributed by atoms with E-state index in [0.717, 1.165) is 34.4 Å². The number of rotatable bonds is 4. The Morgan fingerprint density at radius 1 is 1.00 bits per heavy atom. The normalized spacial score (nSPS) is 10.8. The number of hydrogen-bond donors (Lipinski definition) is 1. The minimum Gasteiger partial charge on any atom is -0.322 e. The molecule has 0 saturated heterocycles. The van der Waals surface area contributed by atoms with Gasteiger partial charge in [0.1, 0.15) is 6.33 Å². The maximum atomic E-state index is 12.7. The quantitative estimate of drug-likeness (QED) is 0.577. The number of para-hydroxylation sites is 2. The SMILES string of the molecule is CCc1ccccc1NC(=O)c1ccc2c(c1)ncn2-c1ccccc1. The summed E-state index contributed by atoms with van der Waals surface area (Å²) in [6, 6.07) is 23.5. The fourth-order valence-corrected chi connectivity index (χ4v) is 3.09. The Balaban J connectivity index is 1.65. The molecule has 0 fully saturated rings. The molecule has 4 heteroatoms. The van der Waals surface area contributed by atoms with Crippen molar-refractivity contribution >= 4 is 22.6 Å². The van der Waals surface area contributed by atoms with Gasteiger partial charge >= 0.3 is 0 Å². The minimum absolute atomic E-state index is 0.123. The van der Waals surface area contributed by atoms with Gasteiger partial charge in [0.05, 0.1) is 11.0 Å². The van der Waals surface area contributed by atoms with Gasteiger partial charge < -0.3 is 5.32 Å². The zero-order chi connectivity index (χ0) is 17.9. The van der Waals surface area contributed by atoms with E-state index in [1.54, 1.807) is 6.33 Å². The molecule has 4 aromatic rings. The van der Waals surface area contributed by atoms with Crippen molar-refractivity contribution in [1.82, 2.24) is 9.55 Å². The number of benzene rings is 3. The number of nitrogens with one attached hydrogen (secondary N) is 1. The van der Waals surface area contributed by atoms with Crippen LogP contribution >= 0.6 is 0 Å². The van der Waals surface area contributed by atoms with Gasteiger partial charge in [-0.3, -0.25) is 9.36 Å². The maximum absolute atomic E-state index is 12.7. The Kier molecular flexibility index (Phi) is 4.23. The molecular weight excluding hydrogens is 322 g/mol. The van der Waals surface area contributed by atoms with Crippen molar-refractivity contribution in [1.29, 1.82) is 0 Å². The van der Waals surface area contributed by atoms with Gasteiger partial charge in [0.25, 0.3) is 5.91 Å².